The van der Waals surface area contributed by atoms with Crippen molar-refractivity contribution in [3.05, 3.63) is 42.7 Å². The summed E-state index contributed by atoms with van der Waals surface area (Å²) in [5, 5.41) is 9.19. The zero-order chi connectivity index (χ0) is 26.1. The van der Waals surface area contributed by atoms with Crippen LogP contribution in [0.4, 0.5) is 5.82 Å². The Hall–Kier alpha value is -3.99. The van der Waals surface area contributed by atoms with E-state index >= 15 is 0 Å². The highest BCUT2D eigenvalue weighted by Crippen LogP contribution is 2.50. The first-order valence-corrected chi connectivity index (χ1v) is 13.3. The largest absolute Gasteiger partial charge is 0.496 e. The smallest absolute Gasteiger partial charge is 0.294 e. The van der Waals surface area contributed by atoms with Gasteiger partial charge >= 0.3 is 0 Å². The van der Waals surface area contributed by atoms with Crippen molar-refractivity contribution < 1.29 is 23.4 Å². The van der Waals surface area contributed by atoms with E-state index < -0.39 is 0 Å². The van der Waals surface area contributed by atoms with Gasteiger partial charge in [-0.05, 0) is 55.2 Å². The van der Waals surface area contributed by atoms with Gasteiger partial charge in [0.1, 0.15) is 34.3 Å². The van der Waals surface area contributed by atoms with Crippen LogP contribution in [0.25, 0.3) is 27.4 Å². The Labute approximate surface area is 223 Å². The number of furan rings is 1. The van der Waals surface area contributed by atoms with Crippen LogP contribution in [0.3, 0.4) is 0 Å². The molecule has 4 aromatic heterocycles. The fraction of sp³-hybridized carbons (Fsp3) is 0.370. The normalized spacial score (nSPS) is 14.1. The highest BCUT2D eigenvalue weighted by Gasteiger charge is 2.42. The Morgan fingerprint density at radius 2 is 1.95 bits per heavy atom. The molecule has 10 nitrogen and oxygen atoms in total. The molecule has 5 aromatic rings. The Bertz CT molecular complexity index is 1520. The highest BCUT2D eigenvalue weighted by atomic mass is 32.1. The number of ether oxygens (including phenoxy) is 4. The summed E-state index contributed by atoms with van der Waals surface area (Å²) in [6.45, 7) is 1.51. The topological polar surface area (TPSA) is 105 Å². The standard InChI is InChI=1S/C27H29N5O5S/c1-33-17-5-6-24(29-14-17)28-10-4-7-27(8-9-27)16-36-21-11-18(34-2)12-22-19(21)13-23(37-22)20-15-32-25(30-20)38-26(31-32)35-3/h5-6,11-15H,4,7-10,16H2,1-3H3,(H,28,29). The summed E-state index contributed by atoms with van der Waals surface area (Å²) < 4.78 is 30.1. The maximum atomic E-state index is 6.41. The van der Waals surface area contributed by atoms with Gasteiger partial charge < -0.3 is 28.7 Å². The van der Waals surface area contributed by atoms with Crippen molar-refractivity contribution in [3.63, 3.8) is 0 Å². The summed E-state index contributed by atoms with van der Waals surface area (Å²) in [6, 6.07) is 9.61. The van der Waals surface area contributed by atoms with Crippen LogP contribution in [-0.2, 0) is 0 Å². The molecule has 6 rings (SSSR count). The molecule has 0 atom stereocenters. The third kappa shape index (κ3) is 4.93. The molecule has 1 N–H and O–H groups in total. The van der Waals surface area contributed by atoms with Gasteiger partial charge in [0.15, 0.2) is 5.76 Å². The number of pyridine rings is 1. The molecule has 1 saturated carbocycles. The molecule has 1 aliphatic carbocycles. The fourth-order valence-corrected chi connectivity index (χ4v) is 5.19. The van der Waals surface area contributed by atoms with Gasteiger partial charge in [-0.15, -0.1) is 5.10 Å². The molecule has 0 unspecified atom stereocenters. The first-order chi connectivity index (χ1) is 18.6. The third-order valence-corrected chi connectivity index (χ3v) is 7.80. The Kier molecular flexibility index (Phi) is 6.44. The minimum absolute atomic E-state index is 0.204. The molecule has 1 aliphatic rings. The minimum Gasteiger partial charge on any atom is -0.496 e. The van der Waals surface area contributed by atoms with Gasteiger partial charge in [0.2, 0.25) is 4.96 Å². The summed E-state index contributed by atoms with van der Waals surface area (Å²) in [5.74, 6) is 3.69. The van der Waals surface area contributed by atoms with Crippen molar-refractivity contribution in [1.82, 2.24) is 19.6 Å². The predicted octanol–water partition coefficient (Wildman–Crippen LogP) is 5.68. The van der Waals surface area contributed by atoms with Crippen LogP contribution < -0.4 is 24.3 Å². The first kappa shape index (κ1) is 24.4. The van der Waals surface area contributed by atoms with E-state index in [-0.39, 0.29) is 5.41 Å². The average molecular weight is 536 g/mol. The van der Waals surface area contributed by atoms with Crippen LogP contribution in [0.5, 0.6) is 22.4 Å². The van der Waals surface area contributed by atoms with E-state index in [9.17, 15) is 0 Å². The third-order valence-electron chi connectivity index (χ3n) is 6.91. The minimum atomic E-state index is 0.204. The summed E-state index contributed by atoms with van der Waals surface area (Å²) >= 11 is 1.37. The second-order valence-electron chi connectivity index (χ2n) is 9.48. The van der Waals surface area contributed by atoms with Crippen LogP contribution in [-0.4, -0.2) is 54.1 Å². The van der Waals surface area contributed by atoms with Gasteiger partial charge in [0.25, 0.3) is 5.19 Å². The fourth-order valence-electron chi connectivity index (χ4n) is 4.49. The number of rotatable bonds is 12. The van der Waals surface area contributed by atoms with E-state index in [2.05, 4.69) is 20.4 Å². The number of nitrogens with one attached hydrogen (secondary N) is 1. The molecule has 0 spiro atoms. The van der Waals surface area contributed by atoms with Gasteiger partial charge in [0, 0.05) is 24.1 Å². The van der Waals surface area contributed by atoms with Crippen molar-refractivity contribution in [3.8, 4) is 33.9 Å². The Morgan fingerprint density at radius 3 is 2.66 bits per heavy atom. The molecule has 4 heterocycles. The lowest BCUT2D eigenvalue weighted by Gasteiger charge is -2.17. The van der Waals surface area contributed by atoms with E-state index in [4.69, 9.17) is 23.4 Å². The highest BCUT2D eigenvalue weighted by molar-refractivity contribution is 7.18. The number of hydrogen-bond donors (Lipinski definition) is 1. The van der Waals surface area contributed by atoms with Crippen LogP contribution in [0, 0.1) is 5.41 Å². The maximum Gasteiger partial charge on any atom is 0.294 e. The number of fused-ring (bicyclic) bond motifs is 2. The number of anilines is 1. The Morgan fingerprint density at radius 1 is 1.08 bits per heavy atom. The molecule has 0 aliphatic heterocycles. The van der Waals surface area contributed by atoms with Crippen LogP contribution >= 0.6 is 11.3 Å². The van der Waals surface area contributed by atoms with E-state index in [0.717, 1.165) is 47.1 Å². The van der Waals surface area contributed by atoms with Crippen molar-refractivity contribution in [2.75, 3.05) is 39.8 Å². The second-order valence-corrected chi connectivity index (χ2v) is 10.4. The van der Waals surface area contributed by atoms with Gasteiger partial charge in [-0.3, -0.25) is 0 Å². The number of imidazole rings is 1. The lowest BCUT2D eigenvalue weighted by molar-refractivity contribution is 0.225. The number of hydrogen-bond acceptors (Lipinski definition) is 10. The number of aromatic nitrogens is 4. The van der Waals surface area contributed by atoms with E-state index in [1.165, 1.54) is 24.2 Å². The van der Waals surface area contributed by atoms with Gasteiger partial charge in [-0.2, -0.15) is 0 Å². The van der Waals surface area contributed by atoms with Gasteiger partial charge in [0.05, 0.1) is 45.7 Å². The quantitative estimate of drug-likeness (QED) is 0.202. The molecule has 0 saturated heterocycles. The molecule has 198 valence electrons. The molecular weight excluding hydrogens is 506 g/mol. The van der Waals surface area contributed by atoms with Crippen molar-refractivity contribution >= 4 is 33.1 Å². The van der Waals surface area contributed by atoms with Crippen molar-refractivity contribution in [2.24, 2.45) is 5.41 Å². The van der Waals surface area contributed by atoms with E-state index in [1.807, 2.05) is 36.5 Å². The first-order valence-electron chi connectivity index (χ1n) is 12.5. The molecular formula is C27H29N5O5S. The lowest BCUT2D eigenvalue weighted by atomic mass is 10.0. The average Bonchev–Trinajstić information content (AvgIpc) is 3.24. The molecule has 1 fully saturated rings. The zero-order valence-corrected chi connectivity index (χ0v) is 22.3. The number of nitrogens with zero attached hydrogens (tertiary/aromatic N) is 4. The van der Waals surface area contributed by atoms with E-state index in [0.29, 0.717) is 34.6 Å². The SMILES string of the molecule is COc1ccc(NCCCC2(COc3cc(OC)cc4oc(-c5cn6nc(OC)sc6n5)cc34)CC2)nc1. The second kappa shape index (κ2) is 10.1. The van der Waals surface area contributed by atoms with Crippen LogP contribution in [0.2, 0.25) is 0 Å². The molecule has 38 heavy (non-hydrogen) atoms. The Balaban J connectivity index is 1.12. The summed E-state index contributed by atoms with van der Waals surface area (Å²) in [6.07, 6.45) is 8.01. The molecule has 0 radical (unpaired) electrons. The summed E-state index contributed by atoms with van der Waals surface area (Å²) in [5.41, 5.74) is 1.60. The van der Waals surface area contributed by atoms with Crippen LogP contribution in [0.1, 0.15) is 25.7 Å². The van der Waals surface area contributed by atoms with Crippen molar-refractivity contribution in [2.45, 2.75) is 25.7 Å². The maximum absolute atomic E-state index is 6.41. The van der Waals surface area contributed by atoms with Gasteiger partial charge in [-0.1, -0.05) is 0 Å². The zero-order valence-electron chi connectivity index (χ0n) is 21.5. The monoisotopic (exact) mass is 535 g/mol. The molecule has 0 bridgehead atoms. The van der Waals surface area contributed by atoms with E-state index in [1.54, 1.807) is 32.0 Å². The van der Waals surface area contributed by atoms with Crippen molar-refractivity contribution in [1.29, 1.82) is 0 Å². The molecule has 1 aromatic carbocycles. The number of benzene rings is 1. The molecule has 0 amide bonds. The molecule has 11 heteroatoms. The lowest BCUT2D eigenvalue weighted by Crippen LogP contribution is -2.15. The van der Waals surface area contributed by atoms with Crippen LogP contribution in [0.15, 0.2) is 47.1 Å². The summed E-state index contributed by atoms with van der Waals surface area (Å²) in [7, 11) is 4.88. The number of methoxy groups -OCH3 is 3. The predicted molar refractivity (Wildman–Crippen MR) is 145 cm³/mol. The summed E-state index contributed by atoms with van der Waals surface area (Å²) in [4.78, 5) is 9.74. The van der Waals surface area contributed by atoms with Gasteiger partial charge in [-0.25, -0.2) is 14.5 Å².